The van der Waals surface area contributed by atoms with Crippen molar-refractivity contribution in [2.24, 2.45) is 5.73 Å². The summed E-state index contributed by atoms with van der Waals surface area (Å²) in [6.45, 7) is 0. The molecule has 0 fully saturated rings. The van der Waals surface area contributed by atoms with Crippen LogP contribution in [0.4, 0.5) is 0 Å². The Kier molecular flexibility index (Phi) is 2.55. The molecule has 0 aromatic heterocycles. The van der Waals surface area contributed by atoms with E-state index in [9.17, 15) is 9.59 Å². The van der Waals surface area contributed by atoms with Crippen LogP contribution in [-0.2, 0) is 4.79 Å². The summed E-state index contributed by atoms with van der Waals surface area (Å²) in [5, 5.41) is 2.92. The van der Waals surface area contributed by atoms with Crippen LogP contribution in [0.5, 0.6) is 0 Å². The minimum atomic E-state index is -0.429. The van der Waals surface area contributed by atoms with E-state index in [0.29, 0.717) is 16.8 Å². The highest BCUT2D eigenvalue weighted by Gasteiger charge is 2.42. The second-order valence-electron chi connectivity index (χ2n) is 5.84. The van der Waals surface area contributed by atoms with Gasteiger partial charge in [-0.25, -0.2) is 0 Å². The Hall–Kier alpha value is -2.36. The third kappa shape index (κ3) is 1.62. The number of hydrogen-bond acceptors (Lipinski definition) is 2. The number of rotatable bonds is 1. The molecule has 2 amide bonds. The van der Waals surface area contributed by atoms with Gasteiger partial charge in [0.2, 0.25) is 0 Å². The van der Waals surface area contributed by atoms with E-state index in [4.69, 9.17) is 5.73 Å². The van der Waals surface area contributed by atoms with Gasteiger partial charge in [0.1, 0.15) is 0 Å². The standard InChI is InChI=1S/C17H16N2O2/c18-16(20)14-10-6-2-1-5-9(10)13-11-7-3-4-8-12(11)17(21)19-15(13)14/h3-4,7-8,13H,1-2,5-6H2,(H2,18,20)(H,19,21)/t13-/m1/s1. The molecule has 0 saturated heterocycles. The van der Waals surface area contributed by atoms with Crippen LogP contribution in [0.3, 0.4) is 0 Å². The lowest BCUT2D eigenvalue weighted by atomic mass is 9.80. The SMILES string of the molecule is NC(=O)C1=C2NC(=O)c3ccccc3[C@H]2C2=C1CCCC2. The second kappa shape index (κ2) is 4.32. The molecule has 0 bridgehead atoms. The summed E-state index contributed by atoms with van der Waals surface area (Å²) < 4.78 is 0. The van der Waals surface area contributed by atoms with E-state index in [1.807, 2.05) is 24.3 Å². The lowest BCUT2D eigenvalue weighted by molar-refractivity contribution is -0.114. The van der Waals surface area contributed by atoms with E-state index in [-0.39, 0.29) is 11.8 Å². The third-order valence-electron chi connectivity index (χ3n) is 4.73. The summed E-state index contributed by atoms with van der Waals surface area (Å²) in [7, 11) is 0. The van der Waals surface area contributed by atoms with Gasteiger partial charge in [0.25, 0.3) is 11.8 Å². The van der Waals surface area contributed by atoms with Crippen LogP contribution >= 0.6 is 0 Å². The Morgan fingerprint density at radius 1 is 1.19 bits per heavy atom. The quantitative estimate of drug-likeness (QED) is 0.827. The molecule has 1 aromatic carbocycles. The van der Waals surface area contributed by atoms with Crippen molar-refractivity contribution in [1.82, 2.24) is 5.32 Å². The van der Waals surface area contributed by atoms with Crippen LogP contribution in [0.25, 0.3) is 0 Å². The molecule has 3 aliphatic rings. The average Bonchev–Trinajstić information content (AvgIpc) is 2.81. The van der Waals surface area contributed by atoms with E-state index >= 15 is 0 Å². The maximum Gasteiger partial charge on any atom is 0.255 e. The summed E-state index contributed by atoms with van der Waals surface area (Å²) in [4.78, 5) is 24.2. The van der Waals surface area contributed by atoms with E-state index in [0.717, 1.165) is 36.8 Å². The highest BCUT2D eigenvalue weighted by atomic mass is 16.2. The zero-order chi connectivity index (χ0) is 14.6. The van der Waals surface area contributed by atoms with Gasteiger partial charge in [0.05, 0.1) is 5.57 Å². The van der Waals surface area contributed by atoms with Gasteiger partial charge in [0.15, 0.2) is 0 Å². The molecule has 106 valence electrons. The van der Waals surface area contributed by atoms with E-state index in [2.05, 4.69) is 5.32 Å². The van der Waals surface area contributed by atoms with Crippen molar-refractivity contribution in [1.29, 1.82) is 0 Å². The predicted molar refractivity (Wildman–Crippen MR) is 78.4 cm³/mol. The van der Waals surface area contributed by atoms with Gasteiger partial charge >= 0.3 is 0 Å². The molecule has 3 N–H and O–H groups in total. The fourth-order valence-electron chi connectivity index (χ4n) is 3.92. The molecular formula is C17H16N2O2. The Morgan fingerprint density at radius 2 is 1.95 bits per heavy atom. The summed E-state index contributed by atoms with van der Waals surface area (Å²) in [5.74, 6) is -0.561. The van der Waals surface area contributed by atoms with Crippen molar-refractivity contribution < 1.29 is 9.59 Å². The number of carbonyl (C=O) groups excluding carboxylic acids is 2. The highest BCUT2D eigenvalue weighted by molar-refractivity contribution is 6.05. The molecule has 4 heteroatoms. The fourth-order valence-corrected chi connectivity index (χ4v) is 3.92. The Labute approximate surface area is 122 Å². The molecule has 0 radical (unpaired) electrons. The van der Waals surface area contributed by atoms with E-state index in [1.165, 1.54) is 5.57 Å². The zero-order valence-electron chi connectivity index (χ0n) is 11.6. The third-order valence-corrected chi connectivity index (χ3v) is 4.73. The van der Waals surface area contributed by atoms with Gasteiger partial charge < -0.3 is 11.1 Å². The van der Waals surface area contributed by atoms with Crippen molar-refractivity contribution >= 4 is 11.8 Å². The largest absolute Gasteiger partial charge is 0.366 e. The Morgan fingerprint density at radius 3 is 2.76 bits per heavy atom. The maximum absolute atomic E-state index is 12.3. The minimum absolute atomic E-state index is 0.0108. The summed E-state index contributed by atoms with van der Waals surface area (Å²) in [6.07, 6.45) is 4.06. The van der Waals surface area contributed by atoms with Crippen LogP contribution in [0.2, 0.25) is 0 Å². The predicted octanol–water partition coefficient (Wildman–Crippen LogP) is 2.14. The molecule has 1 aliphatic heterocycles. The van der Waals surface area contributed by atoms with Gasteiger partial charge in [-0.15, -0.1) is 0 Å². The van der Waals surface area contributed by atoms with Crippen molar-refractivity contribution in [2.75, 3.05) is 0 Å². The molecule has 0 saturated carbocycles. The fraction of sp³-hybridized carbons (Fsp3) is 0.294. The van der Waals surface area contributed by atoms with Crippen molar-refractivity contribution in [3.05, 3.63) is 57.8 Å². The number of fused-ring (bicyclic) bond motifs is 4. The normalized spacial score (nSPS) is 23.4. The first-order valence-corrected chi connectivity index (χ1v) is 7.35. The number of nitrogens with one attached hydrogen (secondary N) is 1. The zero-order valence-corrected chi connectivity index (χ0v) is 11.6. The lowest BCUT2D eigenvalue weighted by Gasteiger charge is -2.28. The minimum Gasteiger partial charge on any atom is -0.366 e. The first kappa shape index (κ1) is 12.4. The topological polar surface area (TPSA) is 72.2 Å². The van der Waals surface area contributed by atoms with Crippen molar-refractivity contribution in [2.45, 2.75) is 31.6 Å². The number of benzene rings is 1. The maximum atomic E-state index is 12.3. The molecule has 4 nitrogen and oxygen atoms in total. The average molecular weight is 280 g/mol. The van der Waals surface area contributed by atoms with Gasteiger partial charge in [0, 0.05) is 17.2 Å². The summed E-state index contributed by atoms with van der Waals surface area (Å²) >= 11 is 0. The van der Waals surface area contributed by atoms with Crippen LogP contribution in [0.15, 0.2) is 46.7 Å². The molecule has 0 spiro atoms. The van der Waals surface area contributed by atoms with Crippen molar-refractivity contribution in [3.8, 4) is 0 Å². The number of carbonyl (C=O) groups is 2. The van der Waals surface area contributed by atoms with Gasteiger partial charge in [-0.1, -0.05) is 23.8 Å². The number of primary amides is 1. The van der Waals surface area contributed by atoms with Crippen LogP contribution in [0.1, 0.15) is 47.5 Å². The first-order chi connectivity index (χ1) is 10.2. The number of hydrogen-bond donors (Lipinski definition) is 2. The van der Waals surface area contributed by atoms with Crippen LogP contribution in [-0.4, -0.2) is 11.8 Å². The second-order valence-corrected chi connectivity index (χ2v) is 5.84. The lowest BCUT2D eigenvalue weighted by Crippen LogP contribution is -2.34. The van der Waals surface area contributed by atoms with Gasteiger partial charge in [-0.05, 0) is 42.9 Å². The van der Waals surface area contributed by atoms with E-state index in [1.54, 1.807) is 0 Å². The molecule has 0 unspecified atom stereocenters. The molecule has 21 heavy (non-hydrogen) atoms. The Bertz CT molecular complexity index is 743. The molecule has 1 heterocycles. The molecule has 1 atom stereocenters. The van der Waals surface area contributed by atoms with Crippen LogP contribution < -0.4 is 11.1 Å². The Balaban J connectivity index is 1.99. The van der Waals surface area contributed by atoms with Crippen LogP contribution in [0, 0.1) is 0 Å². The molecular weight excluding hydrogens is 264 g/mol. The van der Waals surface area contributed by atoms with Gasteiger partial charge in [-0.2, -0.15) is 0 Å². The number of amides is 2. The summed E-state index contributed by atoms with van der Waals surface area (Å²) in [6, 6.07) is 7.64. The first-order valence-electron chi connectivity index (χ1n) is 7.35. The smallest absolute Gasteiger partial charge is 0.255 e. The van der Waals surface area contributed by atoms with E-state index < -0.39 is 5.91 Å². The summed E-state index contributed by atoms with van der Waals surface area (Å²) in [5.41, 5.74) is 10.9. The molecule has 1 aromatic rings. The van der Waals surface area contributed by atoms with Gasteiger partial charge in [-0.3, -0.25) is 9.59 Å². The van der Waals surface area contributed by atoms with Crippen molar-refractivity contribution in [3.63, 3.8) is 0 Å². The molecule has 4 rings (SSSR count). The number of allylic oxidation sites excluding steroid dienone is 1. The monoisotopic (exact) mass is 280 g/mol. The molecule has 2 aliphatic carbocycles. The number of nitrogens with two attached hydrogens (primary N) is 1. The highest BCUT2D eigenvalue weighted by Crippen LogP contribution is 2.50.